The molecule has 0 spiro atoms. The minimum absolute atomic E-state index is 0.0974. The maximum atomic E-state index is 12.0. The van der Waals surface area contributed by atoms with Crippen LogP contribution in [-0.4, -0.2) is 65.4 Å². The number of nitrogens with one attached hydrogen (secondary N) is 1. The summed E-state index contributed by atoms with van der Waals surface area (Å²) in [5, 5.41) is 6.85. The lowest BCUT2D eigenvalue weighted by atomic mass is 10.3. The van der Waals surface area contributed by atoms with Gasteiger partial charge in [-0.1, -0.05) is 0 Å². The molecule has 2 heterocycles. The second-order valence-electron chi connectivity index (χ2n) is 4.97. The van der Waals surface area contributed by atoms with Crippen molar-refractivity contribution >= 4 is 16.1 Å². The number of rotatable bonds is 4. The van der Waals surface area contributed by atoms with E-state index in [-0.39, 0.29) is 11.8 Å². The number of carbonyl (C=O) groups excluding carboxylic acids is 1. The van der Waals surface area contributed by atoms with Gasteiger partial charge in [0.05, 0.1) is 11.9 Å². The topological polar surface area (TPSA) is 87.5 Å². The maximum absolute atomic E-state index is 12.0. The molecule has 2 rings (SSSR count). The number of carbonyl (C=O) groups is 1. The third-order valence-corrected chi connectivity index (χ3v) is 5.37. The lowest BCUT2D eigenvalue weighted by molar-refractivity contribution is 0.172. The number of amides is 2. The Morgan fingerprint density at radius 1 is 1.33 bits per heavy atom. The van der Waals surface area contributed by atoms with E-state index in [1.54, 1.807) is 22.7 Å². The molecule has 9 heteroatoms. The molecule has 1 aromatic heterocycles. The summed E-state index contributed by atoms with van der Waals surface area (Å²) >= 11 is 0. The van der Waals surface area contributed by atoms with Crippen molar-refractivity contribution in [3.63, 3.8) is 0 Å². The molecule has 0 aliphatic carbocycles. The van der Waals surface area contributed by atoms with Crippen LogP contribution in [0.3, 0.4) is 0 Å². The molecule has 118 valence electrons. The van der Waals surface area contributed by atoms with E-state index in [4.69, 9.17) is 0 Å². The van der Waals surface area contributed by atoms with E-state index in [1.165, 1.54) is 4.31 Å². The van der Waals surface area contributed by atoms with Crippen LogP contribution in [0.4, 0.5) is 4.79 Å². The zero-order chi connectivity index (χ0) is 15.5. The monoisotopic (exact) mass is 315 g/mol. The highest BCUT2D eigenvalue weighted by Gasteiger charge is 2.27. The summed E-state index contributed by atoms with van der Waals surface area (Å²) in [7, 11) is -1.34. The predicted molar refractivity (Wildman–Crippen MR) is 78.1 cm³/mol. The van der Waals surface area contributed by atoms with Gasteiger partial charge in [0.25, 0.3) is 0 Å². The number of hydrogen-bond donors (Lipinski definition) is 1. The first kappa shape index (κ1) is 15.8. The second-order valence-corrected chi connectivity index (χ2v) is 7.23. The first-order valence-electron chi connectivity index (χ1n) is 6.90. The number of aryl methyl sites for hydroxylation is 1. The Morgan fingerprint density at radius 2 is 2.00 bits per heavy atom. The Kier molecular flexibility index (Phi) is 4.84. The highest BCUT2D eigenvalue weighted by Crippen LogP contribution is 2.08. The molecule has 0 unspecified atom stereocenters. The van der Waals surface area contributed by atoms with Crippen molar-refractivity contribution in [1.82, 2.24) is 24.3 Å². The molecule has 1 fully saturated rings. The molecule has 0 bridgehead atoms. The fourth-order valence-electron chi connectivity index (χ4n) is 2.20. The average molecular weight is 315 g/mol. The molecular formula is C12H21N5O3S. The molecule has 8 nitrogen and oxygen atoms in total. The average Bonchev–Trinajstić information content (AvgIpc) is 2.90. The van der Waals surface area contributed by atoms with E-state index >= 15 is 0 Å². The normalized spacial score (nSPS) is 17.0. The number of nitrogens with zero attached hydrogens (tertiary/aromatic N) is 4. The zero-order valence-corrected chi connectivity index (χ0v) is 13.1. The van der Waals surface area contributed by atoms with Gasteiger partial charge in [0.2, 0.25) is 10.0 Å². The van der Waals surface area contributed by atoms with Crippen LogP contribution in [0.1, 0.15) is 12.5 Å². The molecular weight excluding hydrogens is 294 g/mol. The van der Waals surface area contributed by atoms with Gasteiger partial charge in [-0.25, -0.2) is 13.2 Å². The van der Waals surface area contributed by atoms with Crippen LogP contribution < -0.4 is 5.32 Å². The summed E-state index contributed by atoms with van der Waals surface area (Å²) in [5.41, 5.74) is 0.929. The molecule has 0 aromatic carbocycles. The van der Waals surface area contributed by atoms with Crippen molar-refractivity contribution in [2.75, 3.05) is 31.9 Å². The summed E-state index contributed by atoms with van der Waals surface area (Å²) < 4.78 is 26.6. The number of hydrogen-bond acceptors (Lipinski definition) is 4. The van der Waals surface area contributed by atoms with E-state index in [2.05, 4.69) is 10.4 Å². The summed E-state index contributed by atoms with van der Waals surface area (Å²) in [4.78, 5) is 13.7. The fourth-order valence-corrected chi connectivity index (χ4v) is 3.29. The van der Waals surface area contributed by atoms with Gasteiger partial charge in [0, 0.05) is 51.5 Å². The molecule has 0 saturated carbocycles. The zero-order valence-electron chi connectivity index (χ0n) is 12.3. The summed E-state index contributed by atoms with van der Waals surface area (Å²) in [6, 6.07) is -0.174. The van der Waals surface area contributed by atoms with Crippen LogP contribution in [0.2, 0.25) is 0 Å². The van der Waals surface area contributed by atoms with Crippen molar-refractivity contribution < 1.29 is 13.2 Å². The van der Waals surface area contributed by atoms with Gasteiger partial charge >= 0.3 is 6.03 Å². The maximum Gasteiger partial charge on any atom is 0.317 e. The Hall–Kier alpha value is -1.61. The van der Waals surface area contributed by atoms with Crippen molar-refractivity contribution in [2.24, 2.45) is 7.05 Å². The highest BCUT2D eigenvalue weighted by molar-refractivity contribution is 7.89. The van der Waals surface area contributed by atoms with E-state index in [9.17, 15) is 13.2 Å². The van der Waals surface area contributed by atoms with Crippen molar-refractivity contribution in [1.29, 1.82) is 0 Å². The SMILES string of the molecule is CCS(=O)(=O)N1CCN(C(=O)NCc2cnn(C)c2)CC1. The second kappa shape index (κ2) is 6.44. The molecule has 0 radical (unpaired) electrons. The van der Waals surface area contributed by atoms with E-state index in [0.29, 0.717) is 32.7 Å². The molecule has 0 atom stereocenters. The quantitative estimate of drug-likeness (QED) is 0.819. The Morgan fingerprint density at radius 3 is 2.52 bits per heavy atom. The van der Waals surface area contributed by atoms with Gasteiger partial charge in [-0.2, -0.15) is 9.40 Å². The molecule has 1 N–H and O–H groups in total. The van der Waals surface area contributed by atoms with Gasteiger partial charge in [-0.15, -0.1) is 0 Å². The number of urea groups is 1. The third kappa shape index (κ3) is 3.94. The van der Waals surface area contributed by atoms with Crippen molar-refractivity contribution in [3.05, 3.63) is 18.0 Å². The van der Waals surface area contributed by atoms with Gasteiger partial charge in [-0.3, -0.25) is 4.68 Å². The van der Waals surface area contributed by atoms with Crippen LogP contribution in [0.25, 0.3) is 0 Å². The lowest BCUT2D eigenvalue weighted by Crippen LogP contribution is -2.53. The summed E-state index contributed by atoms with van der Waals surface area (Å²) in [6.07, 6.45) is 3.54. The van der Waals surface area contributed by atoms with Crippen molar-refractivity contribution in [2.45, 2.75) is 13.5 Å². The van der Waals surface area contributed by atoms with Crippen LogP contribution in [0.5, 0.6) is 0 Å². The van der Waals surface area contributed by atoms with Crippen LogP contribution >= 0.6 is 0 Å². The number of sulfonamides is 1. The van der Waals surface area contributed by atoms with E-state index < -0.39 is 10.0 Å². The predicted octanol–water partition coefficient (Wildman–Crippen LogP) is -0.403. The first-order chi connectivity index (χ1) is 9.92. The van der Waals surface area contributed by atoms with Crippen LogP contribution in [0, 0.1) is 0 Å². The van der Waals surface area contributed by atoms with Gasteiger partial charge in [0.15, 0.2) is 0 Å². The Balaban J connectivity index is 1.80. The summed E-state index contributed by atoms with van der Waals surface area (Å²) in [5.74, 6) is 0.0974. The largest absolute Gasteiger partial charge is 0.334 e. The van der Waals surface area contributed by atoms with E-state index in [1.807, 2.05) is 13.2 Å². The van der Waals surface area contributed by atoms with Crippen LogP contribution in [-0.2, 0) is 23.6 Å². The molecule has 1 aliphatic heterocycles. The Labute approximate surface area is 124 Å². The van der Waals surface area contributed by atoms with Crippen molar-refractivity contribution in [3.8, 4) is 0 Å². The van der Waals surface area contributed by atoms with Gasteiger partial charge < -0.3 is 10.2 Å². The molecule has 21 heavy (non-hydrogen) atoms. The highest BCUT2D eigenvalue weighted by atomic mass is 32.2. The number of aromatic nitrogens is 2. The lowest BCUT2D eigenvalue weighted by Gasteiger charge is -2.33. The first-order valence-corrected chi connectivity index (χ1v) is 8.51. The third-order valence-electron chi connectivity index (χ3n) is 3.49. The van der Waals surface area contributed by atoms with Gasteiger partial charge in [0.1, 0.15) is 0 Å². The van der Waals surface area contributed by atoms with E-state index in [0.717, 1.165) is 5.56 Å². The Bertz CT molecular complexity index is 590. The van der Waals surface area contributed by atoms with Gasteiger partial charge in [-0.05, 0) is 6.92 Å². The molecule has 1 aliphatic rings. The minimum Gasteiger partial charge on any atom is -0.334 e. The molecule has 1 saturated heterocycles. The standard InChI is InChI=1S/C12H21N5O3S/c1-3-21(19,20)17-6-4-16(5-7-17)12(18)13-8-11-9-14-15(2)10-11/h9-10H,3-8H2,1-2H3,(H,13,18). The number of piperazine rings is 1. The molecule has 1 aromatic rings. The van der Waals surface area contributed by atoms with Crippen LogP contribution in [0.15, 0.2) is 12.4 Å². The smallest absolute Gasteiger partial charge is 0.317 e. The fraction of sp³-hybridized carbons (Fsp3) is 0.667. The molecule has 2 amide bonds. The summed E-state index contributed by atoms with van der Waals surface area (Å²) in [6.45, 7) is 3.59. The minimum atomic E-state index is -3.16.